The molecule has 0 radical (unpaired) electrons. The molecule has 0 heterocycles. The SMILES string of the molecule is OC1C(O)C2CC1C1Cc3ccccc3C21. The quantitative estimate of drug-likeness (QED) is 0.686. The zero-order valence-electron chi connectivity index (χ0n) is 9.08. The fourth-order valence-electron chi connectivity index (χ4n) is 4.51. The lowest BCUT2D eigenvalue weighted by atomic mass is 9.77. The molecule has 1 aromatic rings. The minimum absolute atomic E-state index is 0.300. The number of hydrogen-bond donors (Lipinski definition) is 2. The number of rotatable bonds is 0. The van der Waals surface area contributed by atoms with Crippen molar-refractivity contribution in [3.63, 3.8) is 0 Å². The predicted molar refractivity (Wildman–Crippen MR) is 60.0 cm³/mol. The van der Waals surface area contributed by atoms with Gasteiger partial charge in [0.25, 0.3) is 0 Å². The molecule has 3 aliphatic rings. The van der Waals surface area contributed by atoms with Gasteiger partial charge in [-0.05, 0) is 47.6 Å². The van der Waals surface area contributed by atoms with E-state index < -0.39 is 12.2 Å². The monoisotopic (exact) mass is 216 g/mol. The molecule has 1 aromatic carbocycles. The van der Waals surface area contributed by atoms with Crippen molar-refractivity contribution in [2.45, 2.75) is 31.0 Å². The summed E-state index contributed by atoms with van der Waals surface area (Å²) in [5.74, 6) is 1.73. The average Bonchev–Trinajstić information content (AvgIpc) is 2.90. The minimum atomic E-state index is -0.489. The van der Waals surface area contributed by atoms with E-state index in [0.29, 0.717) is 23.7 Å². The molecule has 2 saturated carbocycles. The van der Waals surface area contributed by atoms with Gasteiger partial charge < -0.3 is 10.2 Å². The summed E-state index contributed by atoms with van der Waals surface area (Å²) in [6, 6.07) is 8.59. The molecule has 0 aliphatic heterocycles. The van der Waals surface area contributed by atoms with Crippen LogP contribution in [0.25, 0.3) is 0 Å². The van der Waals surface area contributed by atoms with Crippen LogP contribution >= 0.6 is 0 Å². The molecule has 2 nitrogen and oxygen atoms in total. The van der Waals surface area contributed by atoms with Gasteiger partial charge in [0, 0.05) is 0 Å². The zero-order valence-corrected chi connectivity index (χ0v) is 9.08. The first kappa shape index (κ1) is 9.20. The molecule has 84 valence electrons. The van der Waals surface area contributed by atoms with Crippen LogP contribution in [0.2, 0.25) is 0 Å². The van der Waals surface area contributed by atoms with Gasteiger partial charge in [0.1, 0.15) is 0 Å². The molecule has 0 aromatic heterocycles. The maximum Gasteiger partial charge on any atom is 0.0836 e. The summed E-state index contributed by atoms with van der Waals surface area (Å²) in [5.41, 5.74) is 2.87. The van der Waals surface area contributed by atoms with Crippen LogP contribution in [0, 0.1) is 17.8 Å². The standard InChI is InChI=1S/C14H16O2/c15-13-10-6-11(14(13)16)12-8-4-2-1-3-7(8)5-9(10)12/h1-4,9-16H,5-6H2. The van der Waals surface area contributed by atoms with Gasteiger partial charge in [-0.2, -0.15) is 0 Å². The maximum atomic E-state index is 10.0. The van der Waals surface area contributed by atoms with E-state index >= 15 is 0 Å². The first-order chi connectivity index (χ1) is 7.77. The van der Waals surface area contributed by atoms with E-state index in [2.05, 4.69) is 24.3 Å². The van der Waals surface area contributed by atoms with Gasteiger partial charge in [0.05, 0.1) is 12.2 Å². The van der Waals surface area contributed by atoms with Gasteiger partial charge >= 0.3 is 0 Å². The molecule has 0 amide bonds. The van der Waals surface area contributed by atoms with Gasteiger partial charge in [-0.25, -0.2) is 0 Å². The van der Waals surface area contributed by atoms with Crippen molar-refractivity contribution in [1.29, 1.82) is 0 Å². The van der Waals surface area contributed by atoms with E-state index in [-0.39, 0.29) is 0 Å². The summed E-state index contributed by atoms with van der Waals surface area (Å²) < 4.78 is 0. The molecule has 0 spiro atoms. The average molecular weight is 216 g/mol. The Labute approximate surface area is 94.9 Å². The molecule has 2 fully saturated rings. The first-order valence-electron chi connectivity index (χ1n) is 6.21. The number of hydrogen-bond acceptors (Lipinski definition) is 2. The van der Waals surface area contributed by atoms with Gasteiger partial charge in [-0.15, -0.1) is 0 Å². The molecule has 2 N–H and O–H groups in total. The first-order valence-corrected chi connectivity index (χ1v) is 6.21. The van der Waals surface area contributed by atoms with Crippen LogP contribution in [0.15, 0.2) is 24.3 Å². The lowest BCUT2D eigenvalue weighted by Gasteiger charge is -2.32. The third-order valence-electron chi connectivity index (χ3n) is 5.11. The molecule has 2 heteroatoms. The van der Waals surface area contributed by atoms with E-state index in [1.54, 1.807) is 0 Å². The van der Waals surface area contributed by atoms with E-state index in [1.165, 1.54) is 11.1 Å². The molecular weight excluding hydrogens is 200 g/mol. The summed E-state index contributed by atoms with van der Waals surface area (Å²) in [6.45, 7) is 0. The molecule has 0 saturated heterocycles. The van der Waals surface area contributed by atoms with Crippen molar-refractivity contribution in [2.75, 3.05) is 0 Å². The Balaban J connectivity index is 1.81. The third-order valence-corrected chi connectivity index (χ3v) is 5.11. The predicted octanol–water partition coefficient (Wildman–Crippen LogP) is 1.31. The van der Waals surface area contributed by atoms with Crippen LogP contribution in [0.5, 0.6) is 0 Å². The van der Waals surface area contributed by atoms with Crippen LogP contribution in [-0.4, -0.2) is 22.4 Å². The Kier molecular flexibility index (Phi) is 1.65. The Morgan fingerprint density at radius 3 is 2.56 bits per heavy atom. The van der Waals surface area contributed by atoms with Crippen molar-refractivity contribution in [3.8, 4) is 0 Å². The Bertz CT molecular complexity index is 440. The summed E-state index contributed by atoms with van der Waals surface area (Å²) in [4.78, 5) is 0. The zero-order chi connectivity index (χ0) is 10.9. The number of aliphatic hydroxyl groups excluding tert-OH is 2. The lowest BCUT2D eigenvalue weighted by molar-refractivity contribution is -0.0391. The van der Waals surface area contributed by atoms with Crippen LogP contribution in [0.3, 0.4) is 0 Å². The highest BCUT2D eigenvalue weighted by molar-refractivity contribution is 5.40. The van der Waals surface area contributed by atoms with Gasteiger partial charge in [-0.3, -0.25) is 0 Å². The largest absolute Gasteiger partial charge is 0.390 e. The van der Waals surface area contributed by atoms with Crippen molar-refractivity contribution in [1.82, 2.24) is 0 Å². The summed E-state index contributed by atoms with van der Waals surface area (Å²) >= 11 is 0. The molecule has 6 atom stereocenters. The minimum Gasteiger partial charge on any atom is -0.390 e. The van der Waals surface area contributed by atoms with Gasteiger partial charge in [0.2, 0.25) is 0 Å². The maximum absolute atomic E-state index is 10.0. The summed E-state index contributed by atoms with van der Waals surface area (Å²) in [6.07, 6.45) is 1.16. The van der Waals surface area contributed by atoms with Gasteiger partial charge in [-0.1, -0.05) is 24.3 Å². The smallest absolute Gasteiger partial charge is 0.0836 e. The molecule has 2 bridgehead atoms. The lowest BCUT2D eigenvalue weighted by Crippen LogP contribution is -2.39. The number of benzene rings is 1. The Morgan fingerprint density at radius 2 is 1.69 bits per heavy atom. The molecule has 16 heavy (non-hydrogen) atoms. The molecule has 3 aliphatic carbocycles. The van der Waals surface area contributed by atoms with Crippen LogP contribution < -0.4 is 0 Å². The van der Waals surface area contributed by atoms with E-state index in [0.717, 1.165) is 12.8 Å². The van der Waals surface area contributed by atoms with Crippen molar-refractivity contribution in [2.24, 2.45) is 17.8 Å². The Morgan fingerprint density at radius 1 is 0.938 bits per heavy atom. The second-order valence-corrected chi connectivity index (χ2v) is 5.64. The number of aliphatic hydroxyl groups is 2. The van der Waals surface area contributed by atoms with Crippen molar-refractivity contribution >= 4 is 0 Å². The van der Waals surface area contributed by atoms with Crippen LogP contribution in [0.1, 0.15) is 23.5 Å². The van der Waals surface area contributed by atoms with E-state index in [9.17, 15) is 10.2 Å². The summed E-state index contributed by atoms with van der Waals surface area (Å²) in [7, 11) is 0. The highest BCUT2D eigenvalue weighted by Gasteiger charge is 2.59. The fourth-order valence-corrected chi connectivity index (χ4v) is 4.51. The normalized spacial score (nSPS) is 48.1. The van der Waals surface area contributed by atoms with Crippen molar-refractivity contribution in [3.05, 3.63) is 35.4 Å². The topological polar surface area (TPSA) is 40.5 Å². The molecule has 4 rings (SSSR count). The van der Waals surface area contributed by atoms with E-state index in [4.69, 9.17) is 0 Å². The third kappa shape index (κ3) is 0.910. The summed E-state index contributed by atoms with van der Waals surface area (Å²) in [5, 5.41) is 20.0. The number of fused-ring (bicyclic) bond motifs is 7. The highest BCUT2D eigenvalue weighted by atomic mass is 16.3. The van der Waals surface area contributed by atoms with E-state index in [1.807, 2.05) is 0 Å². The second-order valence-electron chi connectivity index (χ2n) is 5.64. The van der Waals surface area contributed by atoms with Crippen LogP contribution in [-0.2, 0) is 6.42 Å². The molecular formula is C14H16O2. The molecule has 6 unspecified atom stereocenters. The Hall–Kier alpha value is -0.860. The van der Waals surface area contributed by atoms with Crippen LogP contribution in [0.4, 0.5) is 0 Å². The van der Waals surface area contributed by atoms with Crippen molar-refractivity contribution < 1.29 is 10.2 Å². The highest BCUT2D eigenvalue weighted by Crippen LogP contribution is 2.61. The second kappa shape index (κ2) is 2.88. The fraction of sp³-hybridized carbons (Fsp3) is 0.571. The van der Waals surface area contributed by atoms with Gasteiger partial charge in [0.15, 0.2) is 0 Å².